The van der Waals surface area contributed by atoms with Crippen LogP contribution in [0.3, 0.4) is 0 Å². The molecule has 0 aliphatic heterocycles. The summed E-state index contributed by atoms with van der Waals surface area (Å²) in [7, 11) is 0. The van der Waals surface area contributed by atoms with Crippen LogP contribution in [0.25, 0.3) is 10.9 Å². The Morgan fingerprint density at radius 2 is 1.82 bits per heavy atom. The first-order valence-corrected chi connectivity index (χ1v) is 8.39. The second kappa shape index (κ2) is 7.93. The van der Waals surface area contributed by atoms with E-state index in [-0.39, 0.29) is 36.3 Å². The summed E-state index contributed by atoms with van der Waals surface area (Å²) >= 11 is 0. The van der Waals surface area contributed by atoms with Gasteiger partial charge in [-0.1, -0.05) is 24.3 Å². The number of pyridine rings is 1. The minimum absolute atomic E-state index is 0.147. The van der Waals surface area contributed by atoms with E-state index in [0.717, 1.165) is 0 Å². The van der Waals surface area contributed by atoms with Crippen LogP contribution in [0.15, 0.2) is 53.5 Å². The molecule has 3 N–H and O–H groups in total. The van der Waals surface area contributed by atoms with Crippen LogP contribution in [0.1, 0.15) is 21.5 Å². The standard InChI is InChI=1S/C20H17NO7/c22-8-7-21-11-17(28-20(26)27)18(23)15-10-12(5-6-16(15)21)9-13-3-1-2-4-14(13)19(24)25/h1-6,10-11,22H,7-9H2,(H,24,25)(H,26,27). The number of aliphatic hydroxyl groups is 1. The smallest absolute Gasteiger partial charge is 0.478 e. The fraction of sp³-hybridized carbons (Fsp3) is 0.150. The number of hydrogen-bond donors (Lipinski definition) is 3. The highest BCUT2D eigenvalue weighted by molar-refractivity contribution is 5.89. The van der Waals surface area contributed by atoms with E-state index in [9.17, 15) is 24.6 Å². The normalized spacial score (nSPS) is 10.8. The number of aliphatic hydroxyl groups excluding tert-OH is 1. The van der Waals surface area contributed by atoms with Crippen molar-refractivity contribution in [3.63, 3.8) is 0 Å². The number of rotatable bonds is 6. The first-order valence-electron chi connectivity index (χ1n) is 8.39. The highest BCUT2D eigenvalue weighted by atomic mass is 16.7. The number of fused-ring (bicyclic) bond motifs is 1. The van der Waals surface area contributed by atoms with Crippen molar-refractivity contribution in [1.29, 1.82) is 0 Å². The summed E-state index contributed by atoms with van der Waals surface area (Å²) in [6.45, 7) is -0.0633. The fourth-order valence-corrected chi connectivity index (χ4v) is 3.09. The lowest BCUT2D eigenvalue weighted by molar-refractivity contribution is 0.0695. The first kappa shape index (κ1) is 19.1. The van der Waals surface area contributed by atoms with Crippen LogP contribution in [0, 0.1) is 0 Å². The van der Waals surface area contributed by atoms with Crippen molar-refractivity contribution in [3.8, 4) is 5.75 Å². The van der Waals surface area contributed by atoms with E-state index >= 15 is 0 Å². The van der Waals surface area contributed by atoms with E-state index in [0.29, 0.717) is 16.6 Å². The highest BCUT2D eigenvalue weighted by Crippen LogP contribution is 2.21. The van der Waals surface area contributed by atoms with Crippen molar-refractivity contribution in [1.82, 2.24) is 4.57 Å². The van der Waals surface area contributed by atoms with E-state index < -0.39 is 17.6 Å². The second-order valence-corrected chi connectivity index (χ2v) is 6.10. The Morgan fingerprint density at radius 1 is 1.07 bits per heavy atom. The van der Waals surface area contributed by atoms with Gasteiger partial charge in [-0.15, -0.1) is 0 Å². The molecule has 0 atom stereocenters. The molecule has 0 aliphatic rings. The van der Waals surface area contributed by atoms with Crippen molar-refractivity contribution < 1.29 is 29.6 Å². The van der Waals surface area contributed by atoms with E-state index in [1.807, 2.05) is 0 Å². The molecule has 0 amide bonds. The van der Waals surface area contributed by atoms with E-state index in [4.69, 9.17) is 5.11 Å². The van der Waals surface area contributed by atoms with Gasteiger partial charge in [0.1, 0.15) is 0 Å². The molecule has 0 radical (unpaired) electrons. The zero-order valence-electron chi connectivity index (χ0n) is 14.7. The number of carboxylic acid groups (broad SMARTS) is 2. The SMILES string of the molecule is O=C(O)Oc1cn(CCO)c2ccc(Cc3ccccc3C(=O)O)cc2c1=O. The summed E-state index contributed by atoms with van der Waals surface area (Å²) in [6.07, 6.45) is -0.0884. The molecule has 0 spiro atoms. The zero-order chi connectivity index (χ0) is 20.3. The summed E-state index contributed by atoms with van der Waals surface area (Å²) < 4.78 is 6.10. The predicted molar refractivity (Wildman–Crippen MR) is 100 cm³/mol. The minimum atomic E-state index is -1.61. The number of aromatic nitrogens is 1. The number of carbonyl (C=O) groups is 2. The van der Waals surface area contributed by atoms with Gasteiger partial charge in [0.25, 0.3) is 0 Å². The van der Waals surface area contributed by atoms with Gasteiger partial charge in [0, 0.05) is 11.9 Å². The molecule has 0 aliphatic carbocycles. The van der Waals surface area contributed by atoms with Crippen LogP contribution in [0.4, 0.5) is 4.79 Å². The van der Waals surface area contributed by atoms with Crippen LogP contribution in [0.5, 0.6) is 5.75 Å². The first-order chi connectivity index (χ1) is 13.4. The second-order valence-electron chi connectivity index (χ2n) is 6.10. The summed E-state index contributed by atoms with van der Waals surface area (Å²) in [5.74, 6) is -1.41. The largest absolute Gasteiger partial charge is 0.511 e. The van der Waals surface area contributed by atoms with E-state index in [1.165, 1.54) is 16.8 Å². The van der Waals surface area contributed by atoms with Gasteiger partial charge in [-0.05, 0) is 35.7 Å². The predicted octanol–water partition coefficient (Wildman–Crippen LogP) is 2.34. The average Bonchev–Trinajstić information content (AvgIpc) is 2.65. The van der Waals surface area contributed by atoms with Crippen molar-refractivity contribution in [2.45, 2.75) is 13.0 Å². The summed E-state index contributed by atoms with van der Waals surface area (Å²) in [6, 6.07) is 11.6. The molecule has 0 saturated heterocycles. The molecule has 1 heterocycles. The maximum absolute atomic E-state index is 12.6. The number of benzene rings is 2. The molecule has 0 bridgehead atoms. The molecule has 1 aromatic heterocycles. The number of ether oxygens (including phenoxy) is 1. The van der Waals surface area contributed by atoms with Gasteiger partial charge in [-0.3, -0.25) is 4.79 Å². The van der Waals surface area contributed by atoms with Crippen LogP contribution >= 0.6 is 0 Å². The monoisotopic (exact) mass is 383 g/mol. The average molecular weight is 383 g/mol. The zero-order valence-corrected chi connectivity index (χ0v) is 14.7. The van der Waals surface area contributed by atoms with Crippen molar-refractivity contribution in [2.75, 3.05) is 6.61 Å². The minimum Gasteiger partial charge on any atom is -0.478 e. The molecule has 0 fully saturated rings. The van der Waals surface area contributed by atoms with Crippen LogP contribution in [0.2, 0.25) is 0 Å². The molecule has 3 rings (SSSR count). The molecule has 2 aromatic carbocycles. The van der Waals surface area contributed by atoms with Crippen LogP contribution in [-0.4, -0.2) is 38.6 Å². The summed E-state index contributed by atoms with van der Waals surface area (Å²) in [5, 5.41) is 27.6. The Bertz CT molecular complexity index is 1120. The van der Waals surface area contributed by atoms with Gasteiger partial charge >= 0.3 is 12.1 Å². The maximum Gasteiger partial charge on any atom is 0.511 e. The summed E-state index contributed by atoms with van der Waals surface area (Å²) in [4.78, 5) is 34.9. The van der Waals surface area contributed by atoms with Gasteiger partial charge in [0.05, 0.1) is 23.9 Å². The quantitative estimate of drug-likeness (QED) is 0.558. The molecule has 0 unspecified atom stereocenters. The fourth-order valence-electron chi connectivity index (χ4n) is 3.09. The van der Waals surface area contributed by atoms with Gasteiger partial charge in [0.15, 0.2) is 5.75 Å². The highest BCUT2D eigenvalue weighted by Gasteiger charge is 2.15. The Hall–Kier alpha value is -3.65. The van der Waals surface area contributed by atoms with Gasteiger partial charge < -0.3 is 24.6 Å². The molecule has 144 valence electrons. The molecule has 28 heavy (non-hydrogen) atoms. The van der Waals surface area contributed by atoms with Crippen LogP contribution < -0.4 is 10.2 Å². The van der Waals surface area contributed by atoms with Crippen molar-refractivity contribution in [3.05, 3.63) is 75.6 Å². The van der Waals surface area contributed by atoms with E-state index in [2.05, 4.69) is 4.74 Å². The lowest BCUT2D eigenvalue weighted by Crippen LogP contribution is -2.17. The van der Waals surface area contributed by atoms with Crippen molar-refractivity contribution in [2.24, 2.45) is 0 Å². The Balaban J connectivity index is 2.12. The Kier molecular flexibility index (Phi) is 5.42. The lowest BCUT2D eigenvalue weighted by atomic mass is 9.98. The topological polar surface area (TPSA) is 126 Å². The lowest BCUT2D eigenvalue weighted by Gasteiger charge is -2.13. The van der Waals surface area contributed by atoms with Crippen LogP contribution in [-0.2, 0) is 13.0 Å². The molecule has 8 nitrogen and oxygen atoms in total. The summed E-state index contributed by atoms with van der Waals surface area (Å²) in [5.41, 5.74) is 1.35. The third-order valence-electron chi connectivity index (χ3n) is 4.29. The van der Waals surface area contributed by atoms with Gasteiger partial charge in [0.2, 0.25) is 5.43 Å². The van der Waals surface area contributed by atoms with Gasteiger partial charge in [-0.25, -0.2) is 9.59 Å². The number of hydrogen-bond acceptors (Lipinski definition) is 5. The third-order valence-corrected chi connectivity index (χ3v) is 4.29. The van der Waals surface area contributed by atoms with Crippen molar-refractivity contribution >= 4 is 23.0 Å². The Morgan fingerprint density at radius 3 is 2.50 bits per heavy atom. The molecular weight excluding hydrogens is 366 g/mol. The Labute approximate surface area is 158 Å². The van der Waals surface area contributed by atoms with Gasteiger partial charge in [-0.2, -0.15) is 0 Å². The molecule has 8 heteroatoms. The third kappa shape index (κ3) is 3.86. The molecular formula is C20H17NO7. The maximum atomic E-state index is 12.6. The number of carboxylic acids is 1. The number of nitrogens with zero attached hydrogens (tertiary/aromatic N) is 1. The van der Waals surface area contributed by atoms with E-state index in [1.54, 1.807) is 36.4 Å². The molecule has 3 aromatic rings. The molecule has 0 saturated carbocycles. The number of aromatic carboxylic acids is 1.